The van der Waals surface area contributed by atoms with Crippen LogP contribution in [0.3, 0.4) is 0 Å². The number of benzene rings is 2. The minimum atomic E-state index is -3.73. The van der Waals surface area contributed by atoms with Gasteiger partial charge in [-0.15, -0.1) is 0 Å². The van der Waals surface area contributed by atoms with Gasteiger partial charge in [0.05, 0.1) is 23.7 Å². The highest BCUT2D eigenvalue weighted by Crippen LogP contribution is 2.19. The van der Waals surface area contributed by atoms with E-state index in [-0.39, 0.29) is 23.5 Å². The van der Waals surface area contributed by atoms with Crippen LogP contribution in [0.15, 0.2) is 47.4 Å². The molecular formula is C21H24N2O6S. The Labute approximate surface area is 175 Å². The third-order valence-electron chi connectivity index (χ3n) is 4.67. The Morgan fingerprint density at radius 3 is 2.53 bits per heavy atom. The predicted octanol–water partition coefficient (Wildman–Crippen LogP) is 2.12. The summed E-state index contributed by atoms with van der Waals surface area (Å²) in [5, 5.41) is 2.69. The van der Waals surface area contributed by atoms with Crippen LogP contribution in [0.4, 0.5) is 5.69 Å². The van der Waals surface area contributed by atoms with Crippen molar-refractivity contribution < 1.29 is 27.5 Å². The van der Waals surface area contributed by atoms with Crippen molar-refractivity contribution in [1.29, 1.82) is 0 Å². The Morgan fingerprint density at radius 1 is 1.10 bits per heavy atom. The topological polar surface area (TPSA) is 102 Å². The standard InChI is InChI=1S/C21H24N2O6S/c1-15-6-7-19(16(2)12-15)22-20(24)14-29-21(25)17-4-3-5-18(13-17)30(26,27)23-8-10-28-11-9-23/h3-7,12-13H,8-11,14H2,1-2H3,(H,22,24). The van der Waals surface area contributed by atoms with Crippen LogP contribution in [0, 0.1) is 13.8 Å². The van der Waals surface area contributed by atoms with Crippen molar-refractivity contribution in [3.8, 4) is 0 Å². The van der Waals surface area contributed by atoms with E-state index in [9.17, 15) is 18.0 Å². The lowest BCUT2D eigenvalue weighted by Crippen LogP contribution is -2.40. The molecule has 30 heavy (non-hydrogen) atoms. The van der Waals surface area contributed by atoms with Crippen molar-refractivity contribution in [2.45, 2.75) is 18.7 Å². The number of anilines is 1. The molecule has 0 radical (unpaired) electrons. The van der Waals surface area contributed by atoms with Crippen LogP contribution in [-0.4, -0.2) is 57.5 Å². The summed E-state index contributed by atoms with van der Waals surface area (Å²) in [7, 11) is -3.73. The maximum Gasteiger partial charge on any atom is 0.338 e. The summed E-state index contributed by atoms with van der Waals surface area (Å²) < 4.78 is 37.0. The molecule has 1 fully saturated rings. The first kappa shape index (κ1) is 21.9. The van der Waals surface area contributed by atoms with Gasteiger partial charge in [0.15, 0.2) is 6.61 Å². The van der Waals surface area contributed by atoms with Gasteiger partial charge in [-0.3, -0.25) is 4.79 Å². The lowest BCUT2D eigenvalue weighted by atomic mass is 10.1. The zero-order chi connectivity index (χ0) is 21.7. The summed E-state index contributed by atoms with van der Waals surface area (Å²) in [6, 6.07) is 11.2. The molecule has 8 nitrogen and oxygen atoms in total. The maximum atomic E-state index is 12.7. The average Bonchev–Trinajstić information content (AvgIpc) is 2.74. The smallest absolute Gasteiger partial charge is 0.338 e. The zero-order valence-electron chi connectivity index (χ0n) is 16.9. The monoisotopic (exact) mass is 432 g/mol. The van der Waals surface area contributed by atoms with E-state index in [2.05, 4.69) is 5.32 Å². The molecule has 1 aliphatic rings. The van der Waals surface area contributed by atoms with E-state index in [4.69, 9.17) is 9.47 Å². The number of carbonyl (C=O) groups is 2. The van der Waals surface area contributed by atoms with Crippen molar-refractivity contribution in [1.82, 2.24) is 4.31 Å². The number of hydrogen-bond acceptors (Lipinski definition) is 6. The zero-order valence-corrected chi connectivity index (χ0v) is 17.7. The SMILES string of the molecule is Cc1ccc(NC(=O)COC(=O)c2cccc(S(=O)(=O)N3CCOCC3)c2)c(C)c1. The lowest BCUT2D eigenvalue weighted by Gasteiger charge is -2.26. The molecule has 0 saturated carbocycles. The van der Waals surface area contributed by atoms with Crippen LogP contribution in [0.1, 0.15) is 21.5 Å². The number of rotatable bonds is 6. The first-order chi connectivity index (χ1) is 14.3. The molecule has 1 amide bonds. The fraction of sp³-hybridized carbons (Fsp3) is 0.333. The van der Waals surface area contributed by atoms with Gasteiger partial charge in [-0.25, -0.2) is 13.2 Å². The average molecular weight is 432 g/mol. The quantitative estimate of drug-likeness (QED) is 0.702. The van der Waals surface area contributed by atoms with Gasteiger partial charge in [-0.1, -0.05) is 23.8 Å². The minimum absolute atomic E-state index is 0.00131. The molecule has 3 rings (SSSR count). The minimum Gasteiger partial charge on any atom is -0.452 e. The van der Waals surface area contributed by atoms with Gasteiger partial charge in [-0.05, 0) is 43.7 Å². The van der Waals surface area contributed by atoms with Crippen molar-refractivity contribution in [2.24, 2.45) is 0 Å². The molecule has 1 saturated heterocycles. The summed E-state index contributed by atoms with van der Waals surface area (Å²) >= 11 is 0. The number of nitrogens with one attached hydrogen (secondary N) is 1. The van der Waals surface area contributed by atoms with E-state index in [1.54, 1.807) is 6.07 Å². The Morgan fingerprint density at radius 2 is 1.83 bits per heavy atom. The normalized spacial score (nSPS) is 14.9. The molecule has 0 aliphatic carbocycles. The van der Waals surface area contributed by atoms with E-state index in [0.29, 0.717) is 18.9 Å². The highest BCUT2D eigenvalue weighted by atomic mass is 32.2. The number of esters is 1. The van der Waals surface area contributed by atoms with Crippen molar-refractivity contribution in [3.05, 3.63) is 59.2 Å². The first-order valence-electron chi connectivity index (χ1n) is 9.49. The molecule has 160 valence electrons. The summed E-state index contributed by atoms with van der Waals surface area (Å²) in [6.07, 6.45) is 0. The van der Waals surface area contributed by atoms with E-state index >= 15 is 0 Å². The number of amides is 1. The number of ether oxygens (including phenoxy) is 2. The van der Waals surface area contributed by atoms with Gasteiger partial charge in [0.2, 0.25) is 10.0 Å². The molecule has 0 spiro atoms. The van der Waals surface area contributed by atoms with Gasteiger partial charge in [-0.2, -0.15) is 4.31 Å². The van der Waals surface area contributed by atoms with E-state index in [1.165, 1.54) is 28.6 Å². The second-order valence-electron chi connectivity index (χ2n) is 6.99. The number of nitrogens with zero attached hydrogens (tertiary/aromatic N) is 1. The van der Waals surface area contributed by atoms with Gasteiger partial charge in [0.1, 0.15) is 0 Å². The predicted molar refractivity (Wildman–Crippen MR) is 111 cm³/mol. The molecule has 0 aromatic heterocycles. The molecule has 2 aromatic carbocycles. The molecule has 9 heteroatoms. The molecular weight excluding hydrogens is 408 g/mol. The van der Waals surface area contributed by atoms with Crippen molar-refractivity contribution in [2.75, 3.05) is 38.2 Å². The fourth-order valence-electron chi connectivity index (χ4n) is 3.07. The molecule has 0 atom stereocenters. The van der Waals surface area contributed by atoms with Crippen LogP contribution in [-0.2, 0) is 24.3 Å². The van der Waals surface area contributed by atoms with Gasteiger partial charge in [0, 0.05) is 18.8 Å². The molecule has 1 heterocycles. The number of carbonyl (C=O) groups excluding carboxylic acids is 2. The molecule has 2 aromatic rings. The highest BCUT2D eigenvalue weighted by Gasteiger charge is 2.27. The van der Waals surface area contributed by atoms with Crippen LogP contribution in [0.5, 0.6) is 0 Å². The summed E-state index contributed by atoms with van der Waals surface area (Å²) in [6.45, 7) is 4.52. The van der Waals surface area contributed by atoms with E-state index in [0.717, 1.165) is 11.1 Å². The summed E-state index contributed by atoms with van der Waals surface area (Å²) in [5.41, 5.74) is 2.67. The molecule has 1 N–H and O–H groups in total. The Kier molecular flexibility index (Phi) is 6.86. The third kappa shape index (κ3) is 5.24. The van der Waals surface area contributed by atoms with Crippen LogP contribution in [0.25, 0.3) is 0 Å². The third-order valence-corrected chi connectivity index (χ3v) is 6.56. The van der Waals surface area contributed by atoms with E-state index in [1.807, 2.05) is 26.0 Å². The van der Waals surface area contributed by atoms with Gasteiger partial charge >= 0.3 is 5.97 Å². The number of sulfonamides is 1. The van der Waals surface area contributed by atoms with Crippen LogP contribution < -0.4 is 5.32 Å². The number of morpholine rings is 1. The highest BCUT2D eigenvalue weighted by molar-refractivity contribution is 7.89. The van der Waals surface area contributed by atoms with Crippen molar-refractivity contribution >= 4 is 27.6 Å². The lowest BCUT2D eigenvalue weighted by molar-refractivity contribution is -0.119. The molecule has 0 unspecified atom stereocenters. The number of hydrogen-bond donors (Lipinski definition) is 1. The Bertz CT molecular complexity index is 1050. The summed E-state index contributed by atoms with van der Waals surface area (Å²) in [5.74, 6) is -1.25. The van der Waals surface area contributed by atoms with Gasteiger partial charge < -0.3 is 14.8 Å². The Balaban J connectivity index is 1.63. The van der Waals surface area contributed by atoms with Crippen LogP contribution >= 0.6 is 0 Å². The van der Waals surface area contributed by atoms with Crippen LogP contribution in [0.2, 0.25) is 0 Å². The second kappa shape index (κ2) is 9.38. The first-order valence-corrected chi connectivity index (χ1v) is 10.9. The molecule has 0 bridgehead atoms. The molecule has 1 aliphatic heterocycles. The van der Waals surface area contributed by atoms with Gasteiger partial charge in [0.25, 0.3) is 5.91 Å². The fourth-order valence-corrected chi connectivity index (χ4v) is 4.53. The largest absolute Gasteiger partial charge is 0.452 e. The maximum absolute atomic E-state index is 12.7. The summed E-state index contributed by atoms with van der Waals surface area (Å²) in [4.78, 5) is 24.5. The van der Waals surface area contributed by atoms with E-state index < -0.39 is 28.5 Å². The van der Waals surface area contributed by atoms with Crippen molar-refractivity contribution in [3.63, 3.8) is 0 Å². The number of aryl methyl sites for hydroxylation is 2. The second-order valence-corrected chi connectivity index (χ2v) is 8.92. The Hall–Kier alpha value is -2.75.